The Morgan fingerprint density at radius 2 is 1.41 bits per heavy atom. The average molecular weight is 522 g/mol. The third kappa shape index (κ3) is 5.15. The van der Waals surface area contributed by atoms with Gasteiger partial charge in [-0.1, -0.05) is 38.1 Å². The third-order valence-electron chi connectivity index (χ3n) is 7.29. The first-order valence-corrected chi connectivity index (χ1v) is 13.1. The van der Waals surface area contributed by atoms with Crippen molar-refractivity contribution in [2.75, 3.05) is 18.0 Å². The molecule has 1 aliphatic heterocycles. The van der Waals surface area contributed by atoms with E-state index in [4.69, 9.17) is 16.6 Å². The van der Waals surface area contributed by atoms with Gasteiger partial charge in [-0.15, -0.1) is 0 Å². The molecule has 0 aliphatic carbocycles. The lowest BCUT2D eigenvalue weighted by molar-refractivity contribution is 0.110. The Kier molecular flexibility index (Phi) is 7.36. The number of hydrogen-bond acceptors (Lipinski definition) is 5. The van der Waals surface area contributed by atoms with Gasteiger partial charge >= 0.3 is 0 Å². The van der Waals surface area contributed by atoms with E-state index in [2.05, 4.69) is 33.6 Å². The second-order valence-corrected chi connectivity index (χ2v) is 9.95. The summed E-state index contributed by atoms with van der Waals surface area (Å²) >= 11 is 6.36. The summed E-state index contributed by atoms with van der Waals surface area (Å²) in [5.41, 5.74) is 4.32. The zero-order valence-corrected chi connectivity index (χ0v) is 22.0. The van der Waals surface area contributed by atoms with Crippen molar-refractivity contribution in [1.29, 1.82) is 0 Å². The molecule has 8 heteroatoms. The van der Waals surface area contributed by atoms with Crippen molar-refractivity contribution in [3.05, 3.63) is 94.4 Å². The van der Waals surface area contributed by atoms with Crippen molar-refractivity contribution in [3.63, 3.8) is 0 Å². The molecule has 5 nitrogen and oxygen atoms in total. The van der Waals surface area contributed by atoms with Gasteiger partial charge < -0.3 is 4.90 Å². The van der Waals surface area contributed by atoms with E-state index in [0.717, 1.165) is 53.1 Å². The van der Waals surface area contributed by atoms with Crippen LogP contribution in [0.5, 0.6) is 0 Å². The smallest absolute Gasteiger partial charge is 0.225 e. The molecule has 0 bridgehead atoms. The zero-order valence-electron chi connectivity index (χ0n) is 21.2. The average Bonchev–Trinajstić information content (AvgIpc) is 2.90. The maximum Gasteiger partial charge on any atom is 0.225 e. The minimum absolute atomic E-state index is 0.127. The maximum absolute atomic E-state index is 13.8. The molecule has 0 spiro atoms. The summed E-state index contributed by atoms with van der Waals surface area (Å²) in [6.07, 6.45) is 1.76. The van der Waals surface area contributed by atoms with Crippen molar-refractivity contribution in [2.45, 2.75) is 51.7 Å². The number of anilines is 1. The highest BCUT2D eigenvalue weighted by Gasteiger charge is 2.38. The van der Waals surface area contributed by atoms with Crippen LogP contribution in [-0.2, 0) is 0 Å². The molecule has 2 aromatic heterocycles. The Labute approximate surface area is 221 Å². The lowest BCUT2D eigenvalue weighted by atomic mass is 9.91. The summed E-state index contributed by atoms with van der Waals surface area (Å²) in [4.78, 5) is 18.6. The molecule has 5 rings (SSSR count). The minimum Gasteiger partial charge on any atom is -0.349 e. The van der Waals surface area contributed by atoms with Gasteiger partial charge in [-0.3, -0.25) is 4.90 Å². The standard InChI is InChI=1S/C29H30ClF2N5/c1-4-23-17-37(28-26-25(34-29(30)35-28)15-6-18(3)33-26)24(5-2)16-36(23)27(19-7-11-21(31)12-8-19)20-9-13-22(32)14-10-20/h6-15,23-24,27H,4-5,16-17H2,1-3H3/t23-,24+/m1/s1. The van der Waals surface area contributed by atoms with Crippen LogP contribution in [0.2, 0.25) is 5.28 Å². The van der Waals surface area contributed by atoms with Gasteiger partial charge in [0.1, 0.15) is 17.2 Å². The fraction of sp³-hybridized carbons (Fsp3) is 0.345. The fourth-order valence-corrected chi connectivity index (χ4v) is 5.57. The van der Waals surface area contributed by atoms with E-state index in [9.17, 15) is 8.78 Å². The van der Waals surface area contributed by atoms with Crippen LogP contribution in [0.3, 0.4) is 0 Å². The molecular formula is C29H30ClF2N5. The predicted octanol–water partition coefficient (Wildman–Crippen LogP) is 6.73. The normalized spacial score (nSPS) is 18.6. The van der Waals surface area contributed by atoms with Crippen LogP contribution in [0.1, 0.15) is 49.6 Å². The first kappa shape index (κ1) is 25.5. The van der Waals surface area contributed by atoms with E-state index in [1.807, 2.05) is 43.3 Å². The van der Waals surface area contributed by atoms with Crippen molar-refractivity contribution < 1.29 is 8.78 Å². The van der Waals surface area contributed by atoms with Crippen LogP contribution in [0.4, 0.5) is 14.6 Å². The molecule has 3 heterocycles. The summed E-state index contributed by atoms with van der Waals surface area (Å²) in [6, 6.07) is 17.3. The number of fused-ring (bicyclic) bond motifs is 1. The van der Waals surface area contributed by atoms with Crippen LogP contribution < -0.4 is 4.90 Å². The second-order valence-electron chi connectivity index (χ2n) is 9.62. The summed E-state index contributed by atoms with van der Waals surface area (Å²) in [6.45, 7) is 7.74. The summed E-state index contributed by atoms with van der Waals surface area (Å²) in [5.74, 6) is 0.198. The Morgan fingerprint density at radius 3 is 1.97 bits per heavy atom. The maximum atomic E-state index is 13.8. The van der Waals surface area contributed by atoms with Crippen LogP contribution in [0, 0.1) is 18.6 Å². The SMILES string of the molecule is CC[C@H]1CN(C(c2ccc(F)cc2)c2ccc(F)cc2)[C@H](CC)CN1c1nc(Cl)nc2ccc(C)nc12. The van der Waals surface area contributed by atoms with E-state index < -0.39 is 0 Å². The van der Waals surface area contributed by atoms with Gasteiger partial charge in [0.25, 0.3) is 0 Å². The third-order valence-corrected chi connectivity index (χ3v) is 7.46. The largest absolute Gasteiger partial charge is 0.349 e. The molecule has 2 atom stereocenters. The number of pyridine rings is 1. The predicted molar refractivity (Wildman–Crippen MR) is 144 cm³/mol. The lowest BCUT2D eigenvalue weighted by Crippen LogP contribution is -2.59. The van der Waals surface area contributed by atoms with Gasteiger partial charge in [0.2, 0.25) is 5.28 Å². The molecule has 2 aromatic carbocycles. The van der Waals surface area contributed by atoms with Gasteiger partial charge in [0.05, 0.1) is 11.6 Å². The highest BCUT2D eigenvalue weighted by Crippen LogP contribution is 2.37. The first-order chi connectivity index (χ1) is 17.9. The van der Waals surface area contributed by atoms with Crippen molar-refractivity contribution >= 4 is 28.5 Å². The highest BCUT2D eigenvalue weighted by molar-refractivity contribution is 6.28. The van der Waals surface area contributed by atoms with Crippen LogP contribution in [0.25, 0.3) is 11.0 Å². The van der Waals surface area contributed by atoms with E-state index >= 15 is 0 Å². The van der Waals surface area contributed by atoms with E-state index in [-0.39, 0.29) is 35.0 Å². The molecule has 1 aliphatic rings. The number of halogens is 3. The summed E-state index contributed by atoms with van der Waals surface area (Å²) < 4.78 is 27.7. The first-order valence-electron chi connectivity index (χ1n) is 12.7. The van der Waals surface area contributed by atoms with Crippen LogP contribution in [-0.4, -0.2) is 45.0 Å². The number of hydrogen-bond donors (Lipinski definition) is 0. The highest BCUT2D eigenvalue weighted by atomic mass is 35.5. The molecule has 0 unspecified atom stereocenters. The number of piperazine rings is 1. The van der Waals surface area contributed by atoms with Crippen LogP contribution >= 0.6 is 11.6 Å². The van der Waals surface area contributed by atoms with Gasteiger partial charge in [-0.05, 0) is 78.9 Å². The Bertz CT molecular complexity index is 1330. The van der Waals surface area contributed by atoms with Crippen molar-refractivity contribution in [2.24, 2.45) is 0 Å². The van der Waals surface area contributed by atoms with E-state index in [1.165, 1.54) is 24.3 Å². The van der Waals surface area contributed by atoms with E-state index in [0.29, 0.717) is 6.54 Å². The molecule has 0 radical (unpaired) electrons. The monoisotopic (exact) mass is 521 g/mol. The fourth-order valence-electron chi connectivity index (χ4n) is 5.40. The van der Waals surface area contributed by atoms with Gasteiger partial charge in [0, 0.05) is 30.9 Å². The van der Waals surface area contributed by atoms with Gasteiger partial charge in [0.15, 0.2) is 5.82 Å². The molecule has 0 N–H and O–H groups in total. The topological polar surface area (TPSA) is 45.2 Å². The van der Waals surface area contributed by atoms with Gasteiger partial charge in [-0.2, -0.15) is 4.98 Å². The Hall–Kier alpha value is -3.16. The summed E-state index contributed by atoms with van der Waals surface area (Å²) in [5, 5.41) is 0.203. The zero-order chi connectivity index (χ0) is 26.1. The lowest BCUT2D eigenvalue weighted by Gasteiger charge is -2.50. The van der Waals surface area contributed by atoms with Gasteiger partial charge in [-0.25, -0.2) is 18.7 Å². The number of benzene rings is 2. The molecule has 1 fully saturated rings. The summed E-state index contributed by atoms with van der Waals surface area (Å²) in [7, 11) is 0. The Balaban J connectivity index is 1.58. The number of aromatic nitrogens is 3. The van der Waals surface area contributed by atoms with Crippen molar-refractivity contribution in [3.8, 4) is 0 Å². The molecule has 37 heavy (non-hydrogen) atoms. The number of aryl methyl sites for hydroxylation is 1. The van der Waals surface area contributed by atoms with Crippen LogP contribution in [0.15, 0.2) is 60.7 Å². The molecule has 1 saturated heterocycles. The molecule has 192 valence electrons. The molecule has 0 saturated carbocycles. The molecule has 0 amide bonds. The minimum atomic E-state index is -0.278. The number of nitrogens with zero attached hydrogens (tertiary/aromatic N) is 5. The quantitative estimate of drug-likeness (QED) is 0.263. The Morgan fingerprint density at radius 1 is 0.811 bits per heavy atom. The number of rotatable bonds is 6. The van der Waals surface area contributed by atoms with E-state index in [1.54, 1.807) is 0 Å². The van der Waals surface area contributed by atoms with Crippen molar-refractivity contribution in [1.82, 2.24) is 19.9 Å². The molecule has 4 aromatic rings. The molecular weight excluding hydrogens is 492 g/mol. The second kappa shape index (κ2) is 10.7.